The molecule has 0 radical (unpaired) electrons. The van der Waals surface area contributed by atoms with E-state index < -0.39 is 17.5 Å². The number of hydrogen-bond acceptors (Lipinski definition) is 2. The van der Waals surface area contributed by atoms with Gasteiger partial charge in [-0.1, -0.05) is 12.2 Å². The van der Waals surface area contributed by atoms with Crippen LogP contribution in [-0.4, -0.2) is 11.5 Å². The Morgan fingerprint density at radius 1 is 1.05 bits per heavy atom. The van der Waals surface area contributed by atoms with E-state index in [9.17, 15) is 13.2 Å². The predicted molar refractivity (Wildman–Crippen MR) is 80.8 cm³/mol. The summed E-state index contributed by atoms with van der Waals surface area (Å²) in [6, 6.07) is 7.68. The van der Waals surface area contributed by atoms with E-state index in [-0.39, 0.29) is 10.7 Å². The predicted octanol–water partition coefficient (Wildman–Crippen LogP) is 3.39. The SMILES string of the molecule is NC(=S)c1ccc(NCCc2cc(F)cc(F)c2)c(F)c1. The molecule has 0 unspecified atom stereocenters. The van der Waals surface area contributed by atoms with Crippen molar-refractivity contribution in [1.29, 1.82) is 0 Å². The van der Waals surface area contributed by atoms with Gasteiger partial charge in [0.2, 0.25) is 0 Å². The molecule has 2 aromatic carbocycles. The zero-order valence-corrected chi connectivity index (χ0v) is 11.8. The topological polar surface area (TPSA) is 38.0 Å². The number of thiocarbonyl (C=S) groups is 1. The van der Waals surface area contributed by atoms with Crippen LogP contribution in [0.4, 0.5) is 18.9 Å². The molecule has 0 heterocycles. The molecule has 2 aromatic rings. The molecule has 0 aromatic heterocycles. The number of benzene rings is 2. The highest BCUT2D eigenvalue weighted by atomic mass is 32.1. The van der Waals surface area contributed by atoms with E-state index in [2.05, 4.69) is 5.32 Å². The fraction of sp³-hybridized carbons (Fsp3) is 0.133. The van der Waals surface area contributed by atoms with Gasteiger partial charge in [-0.15, -0.1) is 0 Å². The molecular weight excluding hydrogens is 297 g/mol. The van der Waals surface area contributed by atoms with Gasteiger partial charge in [0.1, 0.15) is 22.4 Å². The minimum absolute atomic E-state index is 0.121. The van der Waals surface area contributed by atoms with Gasteiger partial charge in [-0.05, 0) is 42.3 Å². The van der Waals surface area contributed by atoms with Gasteiger partial charge in [0, 0.05) is 18.2 Å². The normalized spacial score (nSPS) is 10.4. The summed E-state index contributed by atoms with van der Waals surface area (Å²) in [4.78, 5) is 0.121. The molecule has 0 amide bonds. The maximum Gasteiger partial charge on any atom is 0.146 e. The molecule has 0 spiro atoms. The maximum atomic E-state index is 13.8. The summed E-state index contributed by atoms with van der Waals surface area (Å²) >= 11 is 4.76. The van der Waals surface area contributed by atoms with Crippen LogP contribution in [0.15, 0.2) is 36.4 Å². The van der Waals surface area contributed by atoms with Crippen LogP contribution in [0.5, 0.6) is 0 Å². The minimum atomic E-state index is -0.628. The smallest absolute Gasteiger partial charge is 0.146 e. The van der Waals surface area contributed by atoms with E-state index in [0.717, 1.165) is 6.07 Å². The molecule has 0 fully saturated rings. The molecule has 0 bridgehead atoms. The van der Waals surface area contributed by atoms with Gasteiger partial charge in [0.15, 0.2) is 0 Å². The van der Waals surface area contributed by atoms with Crippen molar-refractivity contribution in [2.24, 2.45) is 5.73 Å². The van der Waals surface area contributed by atoms with Gasteiger partial charge in [-0.25, -0.2) is 13.2 Å². The summed E-state index contributed by atoms with van der Waals surface area (Å²) in [5, 5.41) is 2.86. The lowest BCUT2D eigenvalue weighted by atomic mass is 10.1. The average Bonchev–Trinajstić information content (AvgIpc) is 2.39. The van der Waals surface area contributed by atoms with Gasteiger partial charge in [-0.3, -0.25) is 0 Å². The molecule has 0 atom stereocenters. The second kappa shape index (κ2) is 6.58. The summed E-state index contributed by atoms with van der Waals surface area (Å²) in [6.07, 6.45) is 0.366. The van der Waals surface area contributed by atoms with Gasteiger partial charge in [-0.2, -0.15) is 0 Å². The minimum Gasteiger partial charge on any atom is -0.389 e. The number of anilines is 1. The molecule has 0 aliphatic rings. The number of rotatable bonds is 5. The zero-order chi connectivity index (χ0) is 15.4. The summed E-state index contributed by atoms with van der Waals surface area (Å²) in [6.45, 7) is 0.340. The highest BCUT2D eigenvalue weighted by Crippen LogP contribution is 2.16. The molecule has 110 valence electrons. The van der Waals surface area contributed by atoms with Crippen LogP contribution < -0.4 is 11.1 Å². The number of halogens is 3. The molecule has 6 heteroatoms. The van der Waals surface area contributed by atoms with E-state index in [4.69, 9.17) is 18.0 Å². The Morgan fingerprint density at radius 3 is 2.29 bits per heavy atom. The maximum absolute atomic E-state index is 13.8. The summed E-state index contributed by atoms with van der Waals surface area (Å²) in [5.74, 6) is -1.74. The number of nitrogens with one attached hydrogen (secondary N) is 1. The first-order valence-corrected chi connectivity index (χ1v) is 6.65. The quantitative estimate of drug-likeness (QED) is 0.831. The van der Waals surface area contributed by atoms with Crippen molar-refractivity contribution in [3.63, 3.8) is 0 Å². The summed E-state index contributed by atoms with van der Waals surface area (Å²) in [7, 11) is 0. The number of hydrogen-bond donors (Lipinski definition) is 2. The Morgan fingerprint density at radius 2 is 1.71 bits per heavy atom. The van der Waals surface area contributed by atoms with E-state index in [1.54, 1.807) is 6.07 Å². The highest BCUT2D eigenvalue weighted by Gasteiger charge is 2.05. The van der Waals surface area contributed by atoms with Crippen molar-refractivity contribution in [3.05, 3.63) is 65.0 Å². The van der Waals surface area contributed by atoms with Crippen LogP contribution in [0.2, 0.25) is 0 Å². The van der Waals surface area contributed by atoms with Crippen LogP contribution in [0.25, 0.3) is 0 Å². The molecular formula is C15H13F3N2S. The molecule has 3 N–H and O–H groups in total. The lowest BCUT2D eigenvalue weighted by Crippen LogP contribution is -2.11. The molecule has 2 rings (SSSR count). The molecule has 0 aliphatic heterocycles. The van der Waals surface area contributed by atoms with Crippen molar-refractivity contribution in [2.45, 2.75) is 6.42 Å². The third-order valence-electron chi connectivity index (χ3n) is 2.91. The van der Waals surface area contributed by atoms with Gasteiger partial charge < -0.3 is 11.1 Å². The molecule has 0 saturated heterocycles. The fourth-order valence-corrected chi connectivity index (χ4v) is 2.04. The van der Waals surface area contributed by atoms with Crippen molar-refractivity contribution < 1.29 is 13.2 Å². The van der Waals surface area contributed by atoms with E-state index >= 15 is 0 Å². The van der Waals surface area contributed by atoms with Gasteiger partial charge in [0.05, 0.1) is 5.69 Å². The van der Waals surface area contributed by atoms with E-state index in [0.29, 0.717) is 24.1 Å². The standard InChI is InChI=1S/C15H13F3N2S/c16-11-5-9(6-12(17)8-11)3-4-20-14-2-1-10(15(19)21)7-13(14)18/h1-2,5-8,20H,3-4H2,(H2,19,21). The summed E-state index contributed by atoms with van der Waals surface area (Å²) in [5.41, 5.74) is 6.64. The Labute approximate surface area is 125 Å². The van der Waals surface area contributed by atoms with Gasteiger partial charge in [0.25, 0.3) is 0 Å². The third-order valence-corrected chi connectivity index (χ3v) is 3.14. The molecule has 2 nitrogen and oxygen atoms in total. The van der Waals surface area contributed by atoms with Gasteiger partial charge >= 0.3 is 0 Å². The van der Waals surface area contributed by atoms with E-state index in [1.165, 1.54) is 24.3 Å². The van der Waals surface area contributed by atoms with Crippen LogP contribution in [0, 0.1) is 17.5 Å². The van der Waals surface area contributed by atoms with Crippen molar-refractivity contribution in [3.8, 4) is 0 Å². The molecule has 0 aliphatic carbocycles. The lowest BCUT2D eigenvalue weighted by molar-refractivity contribution is 0.579. The highest BCUT2D eigenvalue weighted by molar-refractivity contribution is 7.80. The Hall–Kier alpha value is -2.08. The molecule has 0 saturated carbocycles. The van der Waals surface area contributed by atoms with E-state index in [1.807, 2.05) is 0 Å². The first-order valence-electron chi connectivity index (χ1n) is 6.24. The van der Waals surface area contributed by atoms with Crippen molar-refractivity contribution >= 4 is 22.9 Å². The Kier molecular flexibility index (Phi) is 4.80. The Balaban J connectivity index is 1.98. The van der Waals surface area contributed by atoms with Crippen LogP contribution in [0.1, 0.15) is 11.1 Å². The summed E-state index contributed by atoms with van der Waals surface area (Å²) < 4.78 is 39.8. The second-order valence-corrected chi connectivity index (χ2v) is 4.95. The largest absolute Gasteiger partial charge is 0.389 e. The monoisotopic (exact) mass is 310 g/mol. The third kappa shape index (κ3) is 4.19. The van der Waals surface area contributed by atoms with Crippen LogP contribution in [0.3, 0.4) is 0 Å². The molecule has 21 heavy (non-hydrogen) atoms. The second-order valence-electron chi connectivity index (χ2n) is 4.51. The van der Waals surface area contributed by atoms with Crippen molar-refractivity contribution in [2.75, 3.05) is 11.9 Å². The first-order chi connectivity index (χ1) is 9.95. The van der Waals surface area contributed by atoms with Crippen molar-refractivity contribution in [1.82, 2.24) is 0 Å². The van der Waals surface area contributed by atoms with Crippen LogP contribution >= 0.6 is 12.2 Å². The van der Waals surface area contributed by atoms with Crippen LogP contribution in [-0.2, 0) is 6.42 Å². The average molecular weight is 310 g/mol. The first kappa shape index (κ1) is 15.3. The zero-order valence-electron chi connectivity index (χ0n) is 11.0. The Bertz CT molecular complexity index is 654. The lowest BCUT2D eigenvalue weighted by Gasteiger charge is -2.09. The fourth-order valence-electron chi connectivity index (χ4n) is 1.91. The number of nitrogens with two attached hydrogens (primary N) is 1.